The topological polar surface area (TPSA) is 171 Å². The number of piperidine rings is 1. The lowest BCUT2D eigenvalue weighted by Gasteiger charge is -2.43. The first kappa shape index (κ1) is 37.1. The van der Waals surface area contributed by atoms with Crippen molar-refractivity contribution in [3.8, 4) is 0 Å². The monoisotopic (exact) mass is 731 g/mol. The molecule has 0 spiro atoms. The highest BCUT2D eigenvalue weighted by atomic mass is 35.5. The Morgan fingerprint density at radius 3 is 2.19 bits per heavy atom. The van der Waals surface area contributed by atoms with Crippen molar-refractivity contribution in [3.05, 3.63) is 0 Å². The van der Waals surface area contributed by atoms with Crippen LogP contribution in [0.5, 0.6) is 0 Å². The van der Waals surface area contributed by atoms with Gasteiger partial charge in [-0.3, -0.25) is 19.2 Å². The Hall–Kier alpha value is -2.12. The van der Waals surface area contributed by atoms with Crippen LogP contribution in [0.15, 0.2) is 0 Å². The lowest BCUT2D eigenvalue weighted by Crippen LogP contribution is -2.65. The Morgan fingerprint density at radius 2 is 1.62 bits per heavy atom. The fraction of sp³-hybridized carbons (Fsp3) is 0.848. The highest BCUT2D eigenvalue weighted by Gasteiger charge is 2.74. The van der Waals surface area contributed by atoms with E-state index in [2.05, 4.69) is 21.3 Å². The molecule has 5 amide bonds. The molecule has 0 bridgehead atoms. The number of carbonyl (C=O) groups excluding carboxylic acids is 5. The maximum absolute atomic E-state index is 14.4. The molecule has 0 aromatic heterocycles. The second-order valence-corrected chi connectivity index (χ2v) is 19.4. The minimum atomic E-state index is -3.37. The molecule has 2 heterocycles. The summed E-state index contributed by atoms with van der Waals surface area (Å²) >= 11 is 13.1. The molecule has 3 saturated carbocycles. The second kappa shape index (κ2) is 13.9. The quantitative estimate of drug-likeness (QED) is 0.177. The van der Waals surface area contributed by atoms with E-state index in [9.17, 15) is 32.4 Å². The van der Waals surface area contributed by atoms with Crippen LogP contribution in [0.3, 0.4) is 0 Å². The number of hydrogen-bond acceptors (Lipinski definition) is 7. The summed E-state index contributed by atoms with van der Waals surface area (Å²) in [5.74, 6) is -3.50. The molecule has 3 unspecified atom stereocenters. The summed E-state index contributed by atoms with van der Waals surface area (Å²) in [7, 11) is -3.37. The summed E-state index contributed by atoms with van der Waals surface area (Å²) < 4.78 is 24.8. The van der Waals surface area contributed by atoms with E-state index < -0.39 is 89.9 Å². The van der Waals surface area contributed by atoms with Gasteiger partial charge in [-0.05, 0) is 50.4 Å². The van der Waals surface area contributed by atoms with Gasteiger partial charge in [0.25, 0.3) is 5.91 Å². The Morgan fingerprint density at radius 1 is 0.958 bits per heavy atom. The SMILES string of the molecule is CCCC[C@H](NC(=O)[C@@H]1C2C(CN1C(=O)[C@@H](NC(=O)NC1(C3CCCS3(=O)=O)CCCCC1)C(C)(C)C)C2(Cl)Cl)C(=O)C(=O)NC1CC1. The minimum Gasteiger partial charge on any atom is -0.347 e. The summed E-state index contributed by atoms with van der Waals surface area (Å²) in [5.41, 5.74) is -1.72. The largest absolute Gasteiger partial charge is 0.347 e. The van der Waals surface area contributed by atoms with Crippen LogP contribution in [0.25, 0.3) is 0 Å². The van der Waals surface area contributed by atoms with E-state index >= 15 is 0 Å². The lowest BCUT2D eigenvalue weighted by atomic mass is 9.78. The predicted molar refractivity (Wildman–Crippen MR) is 182 cm³/mol. The van der Waals surface area contributed by atoms with Crippen LogP contribution in [-0.2, 0) is 29.0 Å². The van der Waals surface area contributed by atoms with Crippen LogP contribution >= 0.6 is 23.2 Å². The average Bonchev–Trinajstić information content (AvgIpc) is 3.79. The van der Waals surface area contributed by atoms with Gasteiger partial charge < -0.3 is 26.2 Å². The molecule has 2 aliphatic heterocycles. The number of halogens is 2. The average molecular weight is 733 g/mol. The fourth-order valence-corrected chi connectivity index (χ4v) is 11.2. The van der Waals surface area contributed by atoms with Crippen molar-refractivity contribution in [2.75, 3.05) is 12.3 Å². The number of ketones is 1. The molecule has 48 heavy (non-hydrogen) atoms. The molecule has 3 aliphatic carbocycles. The van der Waals surface area contributed by atoms with Crippen LogP contribution in [-0.4, -0.2) is 94.4 Å². The van der Waals surface area contributed by atoms with Gasteiger partial charge in [-0.25, -0.2) is 13.2 Å². The number of nitrogens with one attached hydrogen (secondary N) is 4. The Kier molecular flexibility index (Phi) is 10.7. The summed E-state index contributed by atoms with van der Waals surface area (Å²) in [5, 5.41) is 10.6. The van der Waals surface area contributed by atoms with Crippen molar-refractivity contribution in [1.29, 1.82) is 0 Å². The van der Waals surface area contributed by atoms with Gasteiger partial charge in [0.1, 0.15) is 16.4 Å². The van der Waals surface area contributed by atoms with Crippen molar-refractivity contribution in [2.45, 2.75) is 144 Å². The number of hydrogen-bond donors (Lipinski definition) is 4. The van der Waals surface area contributed by atoms with Gasteiger partial charge in [-0.15, -0.1) is 23.2 Å². The number of amides is 5. The number of urea groups is 1. The van der Waals surface area contributed by atoms with Crippen LogP contribution in [0.4, 0.5) is 4.79 Å². The standard InChI is InChI=1S/C33H51Cl2N5O7S/c1-5-6-11-21(25(41)28(43)36-19-13-14-19)37-27(42)24-23-20(33(23,34)35)18-40(24)29(44)26(31(2,3)4)38-30(45)39-32(15-8-7-9-16-32)22-12-10-17-48(22,46)47/h19-24,26H,5-18H2,1-4H3,(H,36,43)(H,37,42)(H2,38,39,45)/t20?,21-,22?,23?,24-,26+/m0/s1. The van der Waals surface area contributed by atoms with Crippen LogP contribution in [0.1, 0.15) is 105 Å². The minimum absolute atomic E-state index is 0.0261. The number of fused-ring (bicyclic) bond motifs is 1. The number of Topliss-reactive ketones (excluding diaryl/α,β-unsaturated/α-hetero) is 1. The second-order valence-electron chi connectivity index (χ2n) is 15.7. The first-order chi connectivity index (χ1) is 22.4. The Balaban J connectivity index is 1.34. The molecule has 5 fully saturated rings. The molecule has 0 radical (unpaired) electrons. The zero-order valence-corrected chi connectivity index (χ0v) is 30.7. The van der Waals surface area contributed by atoms with E-state index in [0.717, 1.165) is 38.5 Å². The number of unbranched alkanes of at least 4 members (excludes halogenated alkanes) is 1. The predicted octanol–water partition coefficient (Wildman–Crippen LogP) is 3.13. The smallest absolute Gasteiger partial charge is 0.315 e. The number of alkyl halides is 2. The fourth-order valence-electron chi connectivity index (χ4n) is 8.04. The zero-order valence-electron chi connectivity index (χ0n) is 28.4. The van der Waals surface area contributed by atoms with Crippen molar-refractivity contribution >= 4 is 62.6 Å². The molecule has 4 N–H and O–H groups in total. The third-order valence-corrected chi connectivity index (χ3v) is 14.4. The highest BCUT2D eigenvalue weighted by molar-refractivity contribution is 7.92. The van der Waals surface area contributed by atoms with E-state index in [-0.39, 0.29) is 24.8 Å². The maximum Gasteiger partial charge on any atom is 0.315 e. The van der Waals surface area contributed by atoms with Crippen LogP contribution in [0, 0.1) is 17.3 Å². The molecular weight excluding hydrogens is 681 g/mol. The summed E-state index contributed by atoms with van der Waals surface area (Å²) in [4.78, 5) is 69.2. The lowest BCUT2D eigenvalue weighted by molar-refractivity contribution is -0.144. The van der Waals surface area contributed by atoms with Gasteiger partial charge >= 0.3 is 6.03 Å². The van der Waals surface area contributed by atoms with Gasteiger partial charge in [0, 0.05) is 24.4 Å². The molecule has 2 saturated heterocycles. The van der Waals surface area contributed by atoms with E-state index in [1.165, 1.54) is 4.90 Å². The number of likely N-dealkylation sites (tertiary alicyclic amines) is 1. The molecule has 6 atom stereocenters. The number of rotatable bonds is 12. The van der Waals surface area contributed by atoms with Crippen LogP contribution in [0.2, 0.25) is 0 Å². The van der Waals surface area contributed by atoms with Gasteiger partial charge in [-0.1, -0.05) is 59.8 Å². The first-order valence-corrected chi connectivity index (χ1v) is 20.0. The molecule has 270 valence electrons. The molecule has 12 nitrogen and oxygen atoms in total. The molecule has 0 aromatic rings. The molecule has 0 aromatic carbocycles. The normalized spacial score (nSPS) is 29.6. The van der Waals surface area contributed by atoms with E-state index in [1.807, 2.05) is 6.92 Å². The van der Waals surface area contributed by atoms with Crippen LogP contribution < -0.4 is 21.3 Å². The highest BCUT2D eigenvalue weighted by Crippen LogP contribution is 2.65. The third-order valence-electron chi connectivity index (χ3n) is 10.9. The van der Waals surface area contributed by atoms with Gasteiger partial charge in [-0.2, -0.15) is 0 Å². The number of nitrogens with zero attached hydrogens (tertiary/aromatic N) is 1. The Labute approximate surface area is 293 Å². The van der Waals surface area contributed by atoms with Crippen molar-refractivity contribution in [2.24, 2.45) is 17.3 Å². The molecular formula is C33H51Cl2N5O7S. The van der Waals surface area contributed by atoms with E-state index in [1.54, 1.807) is 20.8 Å². The van der Waals surface area contributed by atoms with E-state index in [4.69, 9.17) is 23.2 Å². The zero-order chi connectivity index (χ0) is 35.2. The van der Waals surface area contributed by atoms with Gasteiger partial charge in [0.05, 0.1) is 22.6 Å². The molecule has 5 rings (SSSR count). The number of carbonyl (C=O) groups is 5. The third kappa shape index (κ3) is 7.62. The molecule has 5 aliphatic rings. The summed E-state index contributed by atoms with van der Waals surface area (Å²) in [6.45, 7) is 7.40. The van der Waals surface area contributed by atoms with Crippen molar-refractivity contribution < 1.29 is 32.4 Å². The maximum atomic E-state index is 14.4. The Bertz CT molecular complexity index is 1410. The molecule has 15 heteroatoms. The van der Waals surface area contributed by atoms with E-state index in [0.29, 0.717) is 32.1 Å². The van der Waals surface area contributed by atoms with Gasteiger partial charge in [0.15, 0.2) is 9.84 Å². The summed E-state index contributed by atoms with van der Waals surface area (Å²) in [6.07, 6.45) is 7.88. The van der Waals surface area contributed by atoms with Crippen molar-refractivity contribution in [3.63, 3.8) is 0 Å². The van der Waals surface area contributed by atoms with Gasteiger partial charge in [0.2, 0.25) is 17.6 Å². The number of sulfone groups is 1. The summed E-state index contributed by atoms with van der Waals surface area (Å²) in [6, 6.07) is -3.95. The van der Waals surface area contributed by atoms with Crippen molar-refractivity contribution in [1.82, 2.24) is 26.2 Å². The first-order valence-electron chi connectivity index (χ1n) is 17.6.